The number of aromatic nitrogens is 2. The van der Waals surface area contributed by atoms with Gasteiger partial charge in [-0.2, -0.15) is 5.26 Å². The third-order valence-electron chi connectivity index (χ3n) is 5.12. The average molecular weight is 430 g/mol. The van der Waals surface area contributed by atoms with E-state index in [1.165, 1.54) is 0 Å². The van der Waals surface area contributed by atoms with Crippen molar-refractivity contribution >= 4 is 5.97 Å². The van der Waals surface area contributed by atoms with E-state index in [9.17, 15) is 10.1 Å². The van der Waals surface area contributed by atoms with Crippen LogP contribution in [0.1, 0.15) is 50.3 Å². The monoisotopic (exact) mass is 429 g/mol. The van der Waals surface area contributed by atoms with Gasteiger partial charge in [0.25, 0.3) is 0 Å². The van der Waals surface area contributed by atoms with Crippen LogP contribution in [-0.2, 0) is 17.6 Å². The predicted octanol–water partition coefficient (Wildman–Crippen LogP) is 5.44. The SMILES string of the molecule is CCc1c(CCCC(=O)O)cccc1-c1nccc(-c2ccc(OC(C)C)c(C#N)c2)n1. The van der Waals surface area contributed by atoms with Gasteiger partial charge in [0.05, 0.1) is 17.4 Å². The number of ether oxygens (including phenoxy) is 1. The van der Waals surface area contributed by atoms with Crippen LogP contribution >= 0.6 is 0 Å². The van der Waals surface area contributed by atoms with E-state index in [2.05, 4.69) is 18.0 Å². The van der Waals surface area contributed by atoms with Crippen LogP contribution in [0.25, 0.3) is 22.6 Å². The van der Waals surface area contributed by atoms with Crippen LogP contribution in [0.5, 0.6) is 5.75 Å². The second-order valence-corrected chi connectivity index (χ2v) is 7.80. The Morgan fingerprint density at radius 1 is 1.22 bits per heavy atom. The topological polar surface area (TPSA) is 96.1 Å². The molecule has 1 N–H and O–H groups in total. The van der Waals surface area contributed by atoms with Gasteiger partial charge < -0.3 is 9.84 Å². The van der Waals surface area contributed by atoms with Gasteiger partial charge in [0.2, 0.25) is 0 Å². The van der Waals surface area contributed by atoms with Crippen molar-refractivity contribution in [3.8, 4) is 34.5 Å². The largest absolute Gasteiger partial charge is 0.490 e. The van der Waals surface area contributed by atoms with Crippen molar-refractivity contribution in [2.45, 2.75) is 52.6 Å². The van der Waals surface area contributed by atoms with E-state index in [1.807, 2.05) is 44.2 Å². The Bertz CT molecular complexity index is 1150. The molecule has 6 heteroatoms. The van der Waals surface area contributed by atoms with Crippen LogP contribution in [0.3, 0.4) is 0 Å². The molecule has 0 spiro atoms. The highest BCUT2D eigenvalue weighted by Gasteiger charge is 2.14. The van der Waals surface area contributed by atoms with Crippen LogP contribution in [-0.4, -0.2) is 27.1 Å². The highest BCUT2D eigenvalue weighted by Crippen LogP contribution is 2.29. The number of carbonyl (C=O) groups is 1. The van der Waals surface area contributed by atoms with Crippen molar-refractivity contribution in [3.05, 3.63) is 65.4 Å². The molecular formula is C26H27N3O3. The molecule has 0 bridgehead atoms. The normalized spacial score (nSPS) is 10.7. The molecule has 0 radical (unpaired) electrons. The summed E-state index contributed by atoms with van der Waals surface area (Å²) in [6.07, 6.45) is 3.94. The van der Waals surface area contributed by atoms with Gasteiger partial charge in [0.15, 0.2) is 5.82 Å². The van der Waals surface area contributed by atoms with E-state index in [0.717, 1.165) is 34.4 Å². The minimum atomic E-state index is -0.781. The van der Waals surface area contributed by atoms with E-state index in [4.69, 9.17) is 14.8 Å². The van der Waals surface area contributed by atoms with Crippen molar-refractivity contribution in [1.82, 2.24) is 9.97 Å². The smallest absolute Gasteiger partial charge is 0.303 e. The van der Waals surface area contributed by atoms with E-state index in [0.29, 0.717) is 30.0 Å². The summed E-state index contributed by atoms with van der Waals surface area (Å²) in [5.74, 6) is 0.389. The number of aryl methyl sites for hydroxylation is 1. The molecule has 0 aliphatic carbocycles. The summed E-state index contributed by atoms with van der Waals surface area (Å²) in [7, 11) is 0. The van der Waals surface area contributed by atoms with Gasteiger partial charge >= 0.3 is 5.97 Å². The summed E-state index contributed by atoms with van der Waals surface area (Å²) in [6.45, 7) is 5.93. The van der Waals surface area contributed by atoms with Gasteiger partial charge in [0, 0.05) is 23.7 Å². The Morgan fingerprint density at radius 3 is 2.72 bits per heavy atom. The Labute approximate surface area is 188 Å². The molecule has 1 aromatic heterocycles. The van der Waals surface area contributed by atoms with Crippen LogP contribution in [0, 0.1) is 11.3 Å². The standard InChI is InChI=1S/C26H27N3O3/c1-4-21-18(8-6-10-25(30)31)7-5-9-22(21)26-28-14-13-23(29-26)19-11-12-24(32-17(2)3)20(15-19)16-27/h5,7,9,11-15,17H,4,6,8,10H2,1-3H3,(H,30,31). The number of rotatable bonds is 9. The average Bonchev–Trinajstić information content (AvgIpc) is 2.78. The first-order chi connectivity index (χ1) is 15.4. The first kappa shape index (κ1) is 23.0. The van der Waals surface area contributed by atoms with Crippen molar-refractivity contribution in [2.75, 3.05) is 0 Å². The summed E-state index contributed by atoms with van der Waals surface area (Å²) >= 11 is 0. The van der Waals surface area contributed by atoms with Crippen LogP contribution < -0.4 is 4.74 Å². The summed E-state index contributed by atoms with van der Waals surface area (Å²) in [6, 6.07) is 15.5. The molecule has 0 atom stereocenters. The molecule has 32 heavy (non-hydrogen) atoms. The number of carboxylic acid groups (broad SMARTS) is 1. The fourth-order valence-electron chi connectivity index (χ4n) is 3.71. The zero-order valence-corrected chi connectivity index (χ0v) is 18.6. The molecule has 0 saturated heterocycles. The maximum Gasteiger partial charge on any atom is 0.303 e. The van der Waals surface area contributed by atoms with Crippen LogP contribution in [0.2, 0.25) is 0 Å². The lowest BCUT2D eigenvalue weighted by molar-refractivity contribution is -0.137. The lowest BCUT2D eigenvalue weighted by Crippen LogP contribution is -2.06. The molecule has 1 heterocycles. The summed E-state index contributed by atoms with van der Waals surface area (Å²) in [5.41, 5.74) is 5.21. The van der Waals surface area contributed by atoms with Crippen molar-refractivity contribution in [2.24, 2.45) is 0 Å². The second kappa shape index (κ2) is 10.5. The number of nitriles is 1. The van der Waals surface area contributed by atoms with Crippen LogP contribution in [0.4, 0.5) is 0 Å². The third-order valence-corrected chi connectivity index (χ3v) is 5.12. The lowest BCUT2D eigenvalue weighted by atomic mass is 9.94. The van der Waals surface area contributed by atoms with E-state index < -0.39 is 5.97 Å². The molecule has 3 rings (SSSR count). The fourth-order valence-corrected chi connectivity index (χ4v) is 3.71. The van der Waals surface area contributed by atoms with Crippen molar-refractivity contribution in [3.63, 3.8) is 0 Å². The Kier molecular flexibility index (Phi) is 7.56. The van der Waals surface area contributed by atoms with Crippen LogP contribution in [0.15, 0.2) is 48.7 Å². The molecule has 0 aliphatic heterocycles. The maximum atomic E-state index is 10.9. The number of benzene rings is 2. The van der Waals surface area contributed by atoms with Gasteiger partial charge in [-0.25, -0.2) is 9.97 Å². The predicted molar refractivity (Wildman–Crippen MR) is 123 cm³/mol. The first-order valence-electron chi connectivity index (χ1n) is 10.8. The fraction of sp³-hybridized carbons (Fsp3) is 0.308. The molecule has 0 fully saturated rings. The third kappa shape index (κ3) is 5.50. The minimum Gasteiger partial charge on any atom is -0.490 e. The Morgan fingerprint density at radius 2 is 2.03 bits per heavy atom. The summed E-state index contributed by atoms with van der Waals surface area (Å²) in [4.78, 5) is 20.2. The molecule has 0 unspecified atom stereocenters. The number of hydrogen-bond donors (Lipinski definition) is 1. The number of aliphatic carboxylic acids is 1. The Hall–Kier alpha value is -3.72. The molecule has 164 valence electrons. The Balaban J connectivity index is 1.96. The number of nitrogens with zero attached hydrogens (tertiary/aromatic N) is 3. The molecule has 0 aliphatic rings. The highest BCUT2D eigenvalue weighted by molar-refractivity contribution is 5.69. The second-order valence-electron chi connectivity index (χ2n) is 7.80. The van der Waals surface area contributed by atoms with E-state index in [1.54, 1.807) is 18.3 Å². The molecule has 0 saturated carbocycles. The highest BCUT2D eigenvalue weighted by atomic mass is 16.5. The first-order valence-corrected chi connectivity index (χ1v) is 10.8. The maximum absolute atomic E-state index is 10.9. The van der Waals surface area contributed by atoms with E-state index in [-0.39, 0.29) is 12.5 Å². The number of hydrogen-bond acceptors (Lipinski definition) is 5. The van der Waals surface area contributed by atoms with E-state index >= 15 is 0 Å². The van der Waals surface area contributed by atoms with Crippen molar-refractivity contribution in [1.29, 1.82) is 5.26 Å². The lowest BCUT2D eigenvalue weighted by Gasteiger charge is -2.14. The quantitative estimate of drug-likeness (QED) is 0.487. The molecule has 2 aromatic carbocycles. The van der Waals surface area contributed by atoms with Gasteiger partial charge in [-0.15, -0.1) is 0 Å². The molecule has 3 aromatic rings. The molecule has 6 nitrogen and oxygen atoms in total. The van der Waals surface area contributed by atoms with Gasteiger partial charge in [-0.05, 0) is 68.5 Å². The summed E-state index contributed by atoms with van der Waals surface area (Å²) < 4.78 is 5.72. The van der Waals surface area contributed by atoms with Crippen molar-refractivity contribution < 1.29 is 14.6 Å². The number of carboxylic acids is 1. The van der Waals surface area contributed by atoms with Gasteiger partial charge in [-0.1, -0.05) is 25.1 Å². The molecule has 0 amide bonds. The molecular weight excluding hydrogens is 402 g/mol. The zero-order chi connectivity index (χ0) is 23.1. The van der Waals surface area contributed by atoms with Gasteiger partial charge in [0.1, 0.15) is 11.8 Å². The minimum absolute atomic E-state index is 0.0196. The van der Waals surface area contributed by atoms with Gasteiger partial charge in [-0.3, -0.25) is 4.79 Å². The summed E-state index contributed by atoms with van der Waals surface area (Å²) in [5, 5.41) is 18.5. The zero-order valence-electron chi connectivity index (χ0n) is 18.6.